The van der Waals surface area contributed by atoms with Crippen LogP contribution in [0.3, 0.4) is 0 Å². The smallest absolute Gasteiger partial charge is 0.228 e. The van der Waals surface area contributed by atoms with E-state index in [0.717, 1.165) is 19.4 Å². The van der Waals surface area contributed by atoms with E-state index < -0.39 is 0 Å². The maximum absolute atomic E-state index is 10.3. The minimum atomic E-state index is -0.287. The first kappa shape index (κ1) is 21.9. The first-order valence-corrected chi connectivity index (χ1v) is 11.7. The molecule has 0 bridgehead atoms. The molecule has 1 aliphatic rings. The molecule has 0 amide bonds. The fourth-order valence-corrected chi connectivity index (χ4v) is 4.75. The largest absolute Gasteiger partial charge is 0.391 e. The summed E-state index contributed by atoms with van der Waals surface area (Å²) in [6, 6.07) is 10.8. The van der Waals surface area contributed by atoms with Crippen LogP contribution in [0.25, 0.3) is 11.3 Å². The lowest BCUT2D eigenvalue weighted by Gasteiger charge is -2.27. The molecule has 4 heterocycles. The molecule has 1 fully saturated rings. The lowest BCUT2D eigenvalue weighted by molar-refractivity contribution is 0.282. The first-order valence-electron chi connectivity index (χ1n) is 10.9. The van der Waals surface area contributed by atoms with E-state index in [1.165, 1.54) is 35.0 Å². The van der Waals surface area contributed by atoms with Crippen molar-refractivity contribution in [2.24, 2.45) is 0 Å². The molecule has 34 heavy (non-hydrogen) atoms. The van der Waals surface area contributed by atoms with Crippen LogP contribution < -0.4 is 10.2 Å². The summed E-state index contributed by atoms with van der Waals surface area (Å²) in [5.74, 6) is 0.999. The molecular formula is C24H22N8OS. The van der Waals surface area contributed by atoms with E-state index in [4.69, 9.17) is 15.2 Å². The van der Waals surface area contributed by atoms with E-state index in [0.29, 0.717) is 38.6 Å². The van der Waals surface area contributed by atoms with Crippen molar-refractivity contribution in [1.82, 2.24) is 24.9 Å². The average molecular weight is 471 g/mol. The van der Waals surface area contributed by atoms with Crippen molar-refractivity contribution in [3.63, 3.8) is 0 Å². The second-order valence-electron chi connectivity index (χ2n) is 8.01. The predicted octanol–water partition coefficient (Wildman–Crippen LogP) is 4.15. The summed E-state index contributed by atoms with van der Waals surface area (Å²) in [5.41, 5.74) is 4.19. The van der Waals surface area contributed by atoms with Crippen molar-refractivity contribution < 1.29 is 5.11 Å². The van der Waals surface area contributed by atoms with Gasteiger partial charge < -0.3 is 15.3 Å². The number of anilines is 3. The Morgan fingerprint density at radius 3 is 2.68 bits per heavy atom. The van der Waals surface area contributed by atoms with Crippen LogP contribution in [-0.2, 0) is 6.61 Å². The van der Waals surface area contributed by atoms with E-state index in [1.807, 2.05) is 0 Å². The number of rotatable bonds is 6. The second kappa shape index (κ2) is 9.51. The third kappa shape index (κ3) is 4.31. The molecule has 1 aromatic carbocycles. The highest BCUT2D eigenvalue weighted by Gasteiger charge is 2.30. The number of aliphatic hydroxyl groups excluding tert-OH is 1. The molecule has 170 valence electrons. The molecule has 3 aromatic heterocycles. The third-order valence-corrected chi connectivity index (χ3v) is 6.62. The topological polar surface area (TPSA) is 124 Å². The van der Waals surface area contributed by atoms with Gasteiger partial charge in [-0.15, -0.1) is 0 Å². The molecule has 1 unspecified atom stereocenters. The quantitative estimate of drug-likeness (QED) is 0.428. The Bertz CT molecular complexity index is 1330. The number of hydrogen-bond donors (Lipinski definition) is 2. The van der Waals surface area contributed by atoms with Crippen molar-refractivity contribution in [2.45, 2.75) is 32.4 Å². The number of benzene rings is 1. The maximum Gasteiger partial charge on any atom is 0.228 e. The van der Waals surface area contributed by atoms with Crippen molar-refractivity contribution >= 4 is 28.2 Å². The molecule has 4 aromatic rings. The molecule has 0 aliphatic carbocycles. The van der Waals surface area contributed by atoms with Crippen LogP contribution in [0.2, 0.25) is 0 Å². The molecule has 0 radical (unpaired) electrons. The fraction of sp³-hybridized carbons (Fsp3) is 0.250. The van der Waals surface area contributed by atoms with Gasteiger partial charge in [-0.2, -0.15) is 10.2 Å². The molecule has 1 atom stereocenters. The second-order valence-corrected chi connectivity index (χ2v) is 9.04. The third-order valence-electron chi connectivity index (χ3n) is 5.80. The van der Waals surface area contributed by atoms with Crippen LogP contribution in [0.4, 0.5) is 16.9 Å². The maximum atomic E-state index is 10.3. The van der Waals surface area contributed by atoms with Crippen molar-refractivity contribution in [2.75, 3.05) is 16.8 Å². The summed E-state index contributed by atoms with van der Waals surface area (Å²) >= 11 is 1.22. The molecule has 5 rings (SSSR count). The molecule has 2 N–H and O–H groups in total. The zero-order valence-corrected chi connectivity index (χ0v) is 19.3. The summed E-state index contributed by atoms with van der Waals surface area (Å²) < 4.78 is 0. The monoisotopic (exact) mass is 470 g/mol. The fourth-order valence-electron chi connectivity index (χ4n) is 4.14. The Labute approximate surface area is 200 Å². The first-order chi connectivity index (χ1) is 16.7. The standard InChI is InChI=1S/C24H22N8OS/c1-15-4-6-16(7-5-15)20-3-2-8-32(20)23-29-21(17-10-26-14-27-11-17)19(13-33)22(30-23)31-24-28-12-18(9-25)34-24/h4-7,10-12,14,20,33H,2-3,8,13H2,1H3,(H,28,29,30,31). The highest BCUT2D eigenvalue weighted by atomic mass is 32.1. The predicted molar refractivity (Wildman–Crippen MR) is 130 cm³/mol. The molecule has 9 nitrogen and oxygen atoms in total. The number of hydrogen-bond acceptors (Lipinski definition) is 10. The van der Waals surface area contributed by atoms with Gasteiger partial charge in [-0.1, -0.05) is 41.2 Å². The van der Waals surface area contributed by atoms with Gasteiger partial charge in [0.25, 0.3) is 0 Å². The number of nitrogens with zero attached hydrogens (tertiary/aromatic N) is 7. The van der Waals surface area contributed by atoms with Gasteiger partial charge in [0, 0.05) is 30.1 Å². The number of nitrogens with one attached hydrogen (secondary N) is 1. The summed E-state index contributed by atoms with van der Waals surface area (Å²) in [6.07, 6.45) is 8.32. The molecule has 1 saturated heterocycles. The van der Waals surface area contributed by atoms with E-state index in [-0.39, 0.29) is 12.6 Å². The summed E-state index contributed by atoms with van der Waals surface area (Å²) in [5, 5.41) is 23.1. The van der Waals surface area contributed by atoms with Gasteiger partial charge in [0.15, 0.2) is 5.13 Å². The Morgan fingerprint density at radius 2 is 1.97 bits per heavy atom. The minimum Gasteiger partial charge on any atom is -0.391 e. The summed E-state index contributed by atoms with van der Waals surface area (Å²) in [6.45, 7) is 2.61. The van der Waals surface area contributed by atoms with Crippen molar-refractivity contribution in [3.8, 4) is 17.3 Å². The zero-order chi connectivity index (χ0) is 23.5. The number of nitriles is 1. The van der Waals surface area contributed by atoms with Crippen LogP contribution in [0.1, 0.15) is 40.5 Å². The summed E-state index contributed by atoms with van der Waals surface area (Å²) in [7, 11) is 0. The highest BCUT2D eigenvalue weighted by molar-refractivity contribution is 7.16. The van der Waals surface area contributed by atoms with E-state index in [9.17, 15) is 5.11 Å². The Balaban J connectivity index is 1.61. The van der Waals surface area contributed by atoms with Crippen LogP contribution >= 0.6 is 11.3 Å². The summed E-state index contributed by atoms with van der Waals surface area (Å²) in [4.78, 5) is 24.9. The molecule has 10 heteroatoms. The van der Waals surface area contributed by atoms with Crippen molar-refractivity contribution in [1.29, 1.82) is 5.26 Å². The van der Waals surface area contributed by atoms with Crippen LogP contribution in [0.15, 0.2) is 49.2 Å². The zero-order valence-electron chi connectivity index (χ0n) is 18.5. The number of thiazole rings is 1. The Morgan fingerprint density at radius 1 is 1.18 bits per heavy atom. The van der Waals surface area contributed by atoms with Gasteiger partial charge in [-0.05, 0) is 25.3 Å². The van der Waals surface area contributed by atoms with Gasteiger partial charge in [0.1, 0.15) is 23.1 Å². The lowest BCUT2D eigenvalue weighted by Crippen LogP contribution is -2.25. The van der Waals surface area contributed by atoms with Crippen LogP contribution in [-0.4, -0.2) is 36.6 Å². The van der Waals surface area contributed by atoms with Gasteiger partial charge in [-0.25, -0.2) is 19.9 Å². The van der Waals surface area contributed by atoms with Crippen molar-refractivity contribution in [3.05, 3.63) is 70.8 Å². The van der Waals surface area contributed by atoms with Crippen LogP contribution in [0, 0.1) is 18.3 Å². The van der Waals surface area contributed by atoms with E-state index >= 15 is 0 Å². The Kier molecular flexibility index (Phi) is 6.12. The van der Waals surface area contributed by atoms with E-state index in [2.05, 4.69) is 62.4 Å². The Hall–Kier alpha value is -3.94. The lowest BCUT2D eigenvalue weighted by atomic mass is 10.0. The highest BCUT2D eigenvalue weighted by Crippen LogP contribution is 2.38. The van der Waals surface area contributed by atoms with E-state index in [1.54, 1.807) is 12.4 Å². The normalized spacial score (nSPS) is 15.3. The average Bonchev–Trinajstić information content (AvgIpc) is 3.54. The van der Waals surface area contributed by atoms with Gasteiger partial charge >= 0.3 is 0 Å². The van der Waals surface area contributed by atoms with Crippen LogP contribution in [0.5, 0.6) is 0 Å². The van der Waals surface area contributed by atoms with Gasteiger partial charge in [0.2, 0.25) is 5.95 Å². The molecule has 1 aliphatic heterocycles. The molecular weight excluding hydrogens is 448 g/mol. The van der Waals surface area contributed by atoms with Gasteiger partial charge in [0.05, 0.1) is 24.5 Å². The number of aromatic nitrogens is 5. The number of aliphatic hydroxyl groups is 1. The SMILES string of the molecule is Cc1ccc(C2CCCN2c2nc(Nc3ncc(C#N)s3)c(CO)c(-c3cncnc3)n2)cc1. The number of aryl methyl sites for hydroxylation is 1. The minimum absolute atomic E-state index is 0.151. The molecule has 0 spiro atoms. The van der Waals surface area contributed by atoms with Gasteiger partial charge in [-0.3, -0.25) is 0 Å². The molecule has 0 saturated carbocycles.